The van der Waals surface area contributed by atoms with Crippen molar-refractivity contribution < 1.29 is 4.74 Å². The van der Waals surface area contributed by atoms with Gasteiger partial charge in [0.1, 0.15) is 18.4 Å². The Bertz CT molecular complexity index is 566. The first kappa shape index (κ1) is 12.0. The Morgan fingerprint density at radius 2 is 2.16 bits per heavy atom. The minimum atomic E-state index is 0.121. The molecular formula is C16H18N2O. The minimum Gasteiger partial charge on any atom is -0.489 e. The molecular weight excluding hydrogens is 236 g/mol. The van der Waals surface area contributed by atoms with E-state index in [9.17, 15) is 0 Å². The third kappa shape index (κ3) is 2.41. The molecule has 0 fully saturated rings. The first-order valence-electron chi connectivity index (χ1n) is 6.68. The standard InChI is InChI=1S/C16H18N2O/c1-11(2)12-6-7-16-14(9-12)18-15(10-19-16)13-5-3-4-8-17-13/h3-9,11,15,18H,10H2,1-2H3. The van der Waals surface area contributed by atoms with Gasteiger partial charge in [-0.05, 0) is 35.7 Å². The molecule has 0 bridgehead atoms. The Kier molecular flexibility index (Phi) is 3.11. The van der Waals surface area contributed by atoms with E-state index in [0.717, 1.165) is 17.1 Å². The van der Waals surface area contributed by atoms with Gasteiger partial charge in [-0.1, -0.05) is 26.0 Å². The van der Waals surface area contributed by atoms with Crippen LogP contribution >= 0.6 is 0 Å². The van der Waals surface area contributed by atoms with Crippen LogP contribution in [0.3, 0.4) is 0 Å². The highest BCUT2D eigenvalue weighted by molar-refractivity contribution is 5.60. The van der Waals surface area contributed by atoms with Crippen molar-refractivity contribution in [3.8, 4) is 5.75 Å². The molecule has 1 unspecified atom stereocenters. The smallest absolute Gasteiger partial charge is 0.142 e. The van der Waals surface area contributed by atoms with Gasteiger partial charge in [-0.2, -0.15) is 0 Å². The summed E-state index contributed by atoms with van der Waals surface area (Å²) in [6.45, 7) is 5.01. The largest absolute Gasteiger partial charge is 0.489 e. The van der Waals surface area contributed by atoms with Crippen LogP contribution in [0.4, 0.5) is 5.69 Å². The number of anilines is 1. The predicted octanol–water partition coefficient (Wildman–Crippen LogP) is 3.75. The number of ether oxygens (including phenoxy) is 1. The van der Waals surface area contributed by atoms with Gasteiger partial charge in [0, 0.05) is 6.20 Å². The van der Waals surface area contributed by atoms with E-state index in [4.69, 9.17) is 4.74 Å². The number of benzene rings is 1. The Labute approximate surface area is 113 Å². The number of aromatic nitrogens is 1. The lowest BCUT2D eigenvalue weighted by Gasteiger charge is -2.27. The molecule has 1 atom stereocenters. The maximum atomic E-state index is 5.82. The molecule has 0 amide bonds. The molecule has 0 saturated carbocycles. The summed E-state index contributed by atoms with van der Waals surface area (Å²) in [6.07, 6.45) is 1.82. The van der Waals surface area contributed by atoms with Gasteiger partial charge in [0.15, 0.2) is 0 Å². The number of hydrogen-bond acceptors (Lipinski definition) is 3. The van der Waals surface area contributed by atoms with Gasteiger partial charge in [0.25, 0.3) is 0 Å². The van der Waals surface area contributed by atoms with Crippen molar-refractivity contribution in [2.75, 3.05) is 11.9 Å². The van der Waals surface area contributed by atoms with Crippen LogP contribution in [0.5, 0.6) is 5.75 Å². The molecule has 1 aliphatic rings. The van der Waals surface area contributed by atoms with E-state index in [1.165, 1.54) is 5.56 Å². The van der Waals surface area contributed by atoms with Crippen LogP contribution in [0.15, 0.2) is 42.6 Å². The second-order valence-electron chi connectivity index (χ2n) is 5.17. The second kappa shape index (κ2) is 4.92. The van der Waals surface area contributed by atoms with Crippen LogP contribution in [-0.2, 0) is 0 Å². The summed E-state index contributed by atoms with van der Waals surface area (Å²) in [7, 11) is 0. The topological polar surface area (TPSA) is 34.2 Å². The minimum absolute atomic E-state index is 0.121. The van der Waals surface area contributed by atoms with Crippen LogP contribution < -0.4 is 10.1 Å². The quantitative estimate of drug-likeness (QED) is 0.886. The molecule has 2 heterocycles. The number of nitrogens with zero attached hydrogens (tertiary/aromatic N) is 1. The normalized spacial score (nSPS) is 17.5. The van der Waals surface area contributed by atoms with Crippen LogP contribution in [0.1, 0.15) is 37.1 Å². The second-order valence-corrected chi connectivity index (χ2v) is 5.17. The van der Waals surface area contributed by atoms with Crippen molar-refractivity contribution in [1.82, 2.24) is 4.98 Å². The number of nitrogens with one attached hydrogen (secondary N) is 1. The molecule has 1 aromatic heterocycles. The molecule has 0 aliphatic carbocycles. The van der Waals surface area contributed by atoms with Crippen molar-refractivity contribution in [2.45, 2.75) is 25.8 Å². The highest BCUT2D eigenvalue weighted by atomic mass is 16.5. The molecule has 0 saturated heterocycles. The number of hydrogen-bond donors (Lipinski definition) is 1. The van der Waals surface area contributed by atoms with Gasteiger partial charge in [-0.15, -0.1) is 0 Å². The lowest BCUT2D eigenvalue weighted by atomic mass is 10.0. The Balaban J connectivity index is 1.88. The summed E-state index contributed by atoms with van der Waals surface area (Å²) in [5, 5.41) is 3.52. The Morgan fingerprint density at radius 3 is 2.89 bits per heavy atom. The molecule has 1 N–H and O–H groups in total. The molecule has 98 valence electrons. The zero-order valence-corrected chi connectivity index (χ0v) is 11.3. The number of pyridine rings is 1. The zero-order valence-electron chi connectivity index (χ0n) is 11.3. The summed E-state index contributed by atoms with van der Waals surface area (Å²) in [6, 6.07) is 12.4. The lowest BCUT2D eigenvalue weighted by Crippen LogP contribution is -2.24. The SMILES string of the molecule is CC(C)c1ccc2c(c1)NC(c1ccccn1)CO2. The van der Waals surface area contributed by atoms with E-state index in [0.29, 0.717) is 12.5 Å². The number of rotatable bonds is 2. The summed E-state index contributed by atoms with van der Waals surface area (Å²) < 4.78 is 5.82. The van der Waals surface area contributed by atoms with Gasteiger partial charge in [0.2, 0.25) is 0 Å². The first-order valence-corrected chi connectivity index (χ1v) is 6.68. The molecule has 0 radical (unpaired) electrons. The third-order valence-corrected chi connectivity index (χ3v) is 3.45. The highest BCUT2D eigenvalue weighted by Crippen LogP contribution is 2.35. The fourth-order valence-electron chi connectivity index (χ4n) is 2.29. The molecule has 1 aromatic carbocycles. The molecule has 1 aliphatic heterocycles. The molecule has 3 rings (SSSR count). The Morgan fingerprint density at radius 1 is 1.26 bits per heavy atom. The average Bonchev–Trinajstić information content (AvgIpc) is 2.47. The van der Waals surface area contributed by atoms with E-state index in [1.54, 1.807) is 0 Å². The van der Waals surface area contributed by atoms with Crippen molar-refractivity contribution in [3.05, 3.63) is 53.9 Å². The van der Waals surface area contributed by atoms with Gasteiger partial charge >= 0.3 is 0 Å². The maximum absolute atomic E-state index is 5.82. The zero-order chi connectivity index (χ0) is 13.2. The monoisotopic (exact) mass is 254 g/mol. The van der Waals surface area contributed by atoms with E-state index >= 15 is 0 Å². The van der Waals surface area contributed by atoms with Gasteiger partial charge in [0.05, 0.1) is 11.4 Å². The van der Waals surface area contributed by atoms with Gasteiger partial charge in [-0.3, -0.25) is 4.98 Å². The van der Waals surface area contributed by atoms with Gasteiger partial charge in [-0.25, -0.2) is 0 Å². The fraction of sp³-hybridized carbons (Fsp3) is 0.312. The molecule has 3 nitrogen and oxygen atoms in total. The average molecular weight is 254 g/mol. The van der Waals surface area contributed by atoms with Gasteiger partial charge < -0.3 is 10.1 Å². The predicted molar refractivity (Wildman–Crippen MR) is 76.6 cm³/mol. The maximum Gasteiger partial charge on any atom is 0.142 e. The molecule has 3 heteroatoms. The van der Waals surface area contributed by atoms with Crippen molar-refractivity contribution in [3.63, 3.8) is 0 Å². The van der Waals surface area contributed by atoms with E-state index in [1.807, 2.05) is 30.5 Å². The van der Waals surface area contributed by atoms with E-state index in [-0.39, 0.29) is 6.04 Å². The number of fused-ring (bicyclic) bond motifs is 1. The van der Waals surface area contributed by atoms with Crippen molar-refractivity contribution in [2.24, 2.45) is 0 Å². The fourth-order valence-corrected chi connectivity index (χ4v) is 2.29. The third-order valence-electron chi connectivity index (χ3n) is 3.45. The van der Waals surface area contributed by atoms with Crippen molar-refractivity contribution >= 4 is 5.69 Å². The highest BCUT2D eigenvalue weighted by Gasteiger charge is 2.21. The van der Waals surface area contributed by atoms with E-state index < -0.39 is 0 Å². The van der Waals surface area contributed by atoms with Crippen LogP contribution in [0.25, 0.3) is 0 Å². The first-order chi connectivity index (χ1) is 9.24. The van der Waals surface area contributed by atoms with Crippen LogP contribution in [0, 0.1) is 0 Å². The lowest BCUT2D eigenvalue weighted by molar-refractivity contribution is 0.284. The molecule has 2 aromatic rings. The van der Waals surface area contributed by atoms with Crippen LogP contribution in [0.2, 0.25) is 0 Å². The molecule has 0 spiro atoms. The van der Waals surface area contributed by atoms with Crippen LogP contribution in [-0.4, -0.2) is 11.6 Å². The summed E-state index contributed by atoms with van der Waals surface area (Å²) in [5.74, 6) is 1.44. The van der Waals surface area contributed by atoms with Crippen molar-refractivity contribution in [1.29, 1.82) is 0 Å². The summed E-state index contributed by atoms with van der Waals surface area (Å²) in [5.41, 5.74) is 3.40. The Hall–Kier alpha value is -2.03. The summed E-state index contributed by atoms with van der Waals surface area (Å²) in [4.78, 5) is 4.39. The summed E-state index contributed by atoms with van der Waals surface area (Å²) >= 11 is 0. The molecule has 19 heavy (non-hydrogen) atoms. The van der Waals surface area contributed by atoms with E-state index in [2.05, 4.69) is 36.3 Å².